The van der Waals surface area contributed by atoms with Gasteiger partial charge in [-0.25, -0.2) is 0 Å². The summed E-state index contributed by atoms with van der Waals surface area (Å²) >= 11 is 0. The quantitative estimate of drug-likeness (QED) is 0.214. The van der Waals surface area contributed by atoms with Gasteiger partial charge in [0.2, 0.25) is 0 Å². The highest BCUT2D eigenvalue weighted by Gasteiger charge is 2.30. The summed E-state index contributed by atoms with van der Waals surface area (Å²) in [5, 5.41) is 17.4. The molecule has 0 unspecified atom stereocenters. The summed E-state index contributed by atoms with van der Waals surface area (Å²) in [5.74, 6) is 3.88. The van der Waals surface area contributed by atoms with Crippen LogP contribution in [-0.2, 0) is 6.42 Å². The Labute approximate surface area is 196 Å². The third-order valence-corrected chi connectivity index (χ3v) is 8.02. The zero-order valence-electron chi connectivity index (χ0n) is 19.7. The van der Waals surface area contributed by atoms with Gasteiger partial charge in [-0.15, -0.1) is 0 Å². The van der Waals surface area contributed by atoms with Crippen LogP contribution in [0.4, 0.5) is 0 Å². The van der Waals surface area contributed by atoms with E-state index in [0.717, 1.165) is 42.1 Å². The maximum Gasteiger partial charge on any atom is 0.0991 e. The molecular formula is C30H40N2. The van der Waals surface area contributed by atoms with Gasteiger partial charge in [0.25, 0.3) is 0 Å². The summed E-state index contributed by atoms with van der Waals surface area (Å²) in [5.41, 5.74) is 2.13. The molecule has 2 fully saturated rings. The number of nitrogens with zero attached hydrogens (tertiary/aromatic N) is 2. The van der Waals surface area contributed by atoms with Gasteiger partial charge in [-0.05, 0) is 92.7 Å². The fourth-order valence-electron chi connectivity index (χ4n) is 6.01. The predicted molar refractivity (Wildman–Crippen MR) is 133 cm³/mol. The first-order valence-electron chi connectivity index (χ1n) is 13.0. The molecular weight excluding hydrogens is 388 g/mol. The van der Waals surface area contributed by atoms with Gasteiger partial charge < -0.3 is 0 Å². The number of allylic oxidation sites excluding steroid dienone is 4. The van der Waals surface area contributed by atoms with E-state index < -0.39 is 0 Å². The molecule has 0 amide bonds. The number of unbranched alkanes of at least 4 members (excludes halogenated alkanes) is 1. The number of benzene rings is 1. The predicted octanol–water partition coefficient (Wildman–Crippen LogP) is 8.30. The van der Waals surface area contributed by atoms with Crippen molar-refractivity contribution in [3.63, 3.8) is 0 Å². The van der Waals surface area contributed by atoms with Crippen LogP contribution < -0.4 is 0 Å². The highest BCUT2D eigenvalue weighted by atomic mass is 14.4. The summed E-state index contributed by atoms with van der Waals surface area (Å²) < 4.78 is 0. The number of rotatable bonds is 10. The summed E-state index contributed by atoms with van der Waals surface area (Å²) in [6, 6.07) is 12.3. The minimum Gasteiger partial charge on any atom is -0.193 e. The topological polar surface area (TPSA) is 47.6 Å². The van der Waals surface area contributed by atoms with Crippen LogP contribution in [0.1, 0.15) is 94.6 Å². The van der Waals surface area contributed by atoms with E-state index in [9.17, 15) is 0 Å². The molecule has 0 heterocycles. The lowest BCUT2D eigenvalue weighted by Crippen LogP contribution is -2.25. The monoisotopic (exact) mass is 428 g/mol. The molecule has 3 rings (SSSR count). The van der Waals surface area contributed by atoms with E-state index in [1.807, 2.05) is 30.4 Å². The molecule has 1 aromatic carbocycles. The van der Waals surface area contributed by atoms with Crippen molar-refractivity contribution in [1.82, 2.24) is 0 Å². The first kappa shape index (κ1) is 24.3. The van der Waals surface area contributed by atoms with E-state index in [2.05, 4.69) is 24.3 Å². The van der Waals surface area contributed by atoms with E-state index in [4.69, 9.17) is 10.5 Å². The first-order chi connectivity index (χ1) is 15.8. The minimum atomic E-state index is 0.761. The van der Waals surface area contributed by atoms with Gasteiger partial charge >= 0.3 is 0 Å². The highest BCUT2D eigenvalue weighted by molar-refractivity contribution is 5.31. The second kappa shape index (κ2) is 14.0. The Balaban J connectivity index is 1.24. The smallest absolute Gasteiger partial charge is 0.0991 e. The molecule has 0 radical (unpaired) electrons. The second-order valence-electron chi connectivity index (χ2n) is 10.1. The van der Waals surface area contributed by atoms with Gasteiger partial charge in [-0.1, -0.05) is 68.9 Å². The van der Waals surface area contributed by atoms with Crippen molar-refractivity contribution in [3.8, 4) is 12.1 Å². The minimum absolute atomic E-state index is 0.761. The van der Waals surface area contributed by atoms with E-state index in [1.54, 1.807) is 0 Å². The number of hydrogen-bond acceptors (Lipinski definition) is 2. The lowest BCUT2D eigenvalue weighted by atomic mass is 9.68. The van der Waals surface area contributed by atoms with Gasteiger partial charge in [0, 0.05) is 6.08 Å². The first-order valence-corrected chi connectivity index (χ1v) is 13.0. The van der Waals surface area contributed by atoms with Crippen LogP contribution in [0, 0.1) is 46.3 Å². The molecule has 1 aromatic rings. The van der Waals surface area contributed by atoms with E-state index in [1.165, 1.54) is 88.7 Å². The number of nitriles is 2. The van der Waals surface area contributed by atoms with Gasteiger partial charge in [0.1, 0.15) is 0 Å². The van der Waals surface area contributed by atoms with Crippen molar-refractivity contribution in [1.29, 1.82) is 10.5 Å². The van der Waals surface area contributed by atoms with Crippen LogP contribution in [0.5, 0.6) is 0 Å². The van der Waals surface area contributed by atoms with Gasteiger partial charge in [-0.2, -0.15) is 10.5 Å². The Bertz CT molecular complexity index is 789. The highest BCUT2D eigenvalue weighted by Crippen LogP contribution is 2.43. The van der Waals surface area contributed by atoms with Crippen molar-refractivity contribution >= 4 is 0 Å². The Morgan fingerprint density at radius 3 is 1.97 bits per heavy atom. The molecule has 0 atom stereocenters. The molecule has 170 valence electrons. The standard InChI is InChI=1S/C30H40N2/c31-23-7-3-1-2-4-8-26-15-19-29(20-16-26)30-21-17-27(18-22-30)10-6-5-9-25-11-13-28(24-32)14-12-25/h1-3,7,11-14,26-27,29-30H,4-6,8-10,15-22H2. The number of hydrogen-bond donors (Lipinski definition) is 0. The van der Waals surface area contributed by atoms with Crippen LogP contribution in [0.15, 0.2) is 48.6 Å². The Morgan fingerprint density at radius 2 is 1.38 bits per heavy atom. The maximum absolute atomic E-state index is 8.90. The molecule has 0 bridgehead atoms. The van der Waals surface area contributed by atoms with E-state index in [0.29, 0.717) is 0 Å². The van der Waals surface area contributed by atoms with Crippen LogP contribution >= 0.6 is 0 Å². The van der Waals surface area contributed by atoms with Crippen molar-refractivity contribution in [2.45, 2.75) is 89.9 Å². The van der Waals surface area contributed by atoms with E-state index in [-0.39, 0.29) is 0 Å². The Hall–Kier alpha value is -2.32. The van der Waals surface area contributed by atoms with Gasteiger partial charge in [-0.3, -0.25) is 0 Å². The Morgan fingerprint density at radius 1 is 0.750 bits per heavy atom. The molecule has 32 heavy (non-hydrogen) atoms. The Kier molecular flexibility index (Phi) is 10.6. The average molecular weight is 429 g/mol. The van der Waals surface area contributed by atoms with Crippen molar-refractivity contribution < 1.29 is 0 Å². The molecule has 0 aromatic heterocycles. The summed E-state index contributed by atoms with van der Waals surface area (Å²) in [4.78, 5) is 0. The fourth-order valence-corrected chi connectivity index (χ4v) is 6.01. The zero-order chi connectivity index (χ0) is 22.4. The van der Waals surface area contributed by atoms with Crippen LogP contribution in [0.25, 0.3) is 0 Å². The zero-order valence-corrected chi connectivity index (χ0v) is 19.7. The summed E-state index contributed by atoms with van der Waals surface area (Å²) in [7, 11) is 0. The van der Waals surface area contributed by atoms with Crippen molar-refractivity contribution in [3.05, 3.63) is 59.7 Å². The van der Waals surface area contributed by atoms with E-state index >= 15 is 0 Å². The van der Waals surface area contributed by atoms with Gasteiger partial charge in [0.15, 0.2) is 0 Å². The SMILES string of the molecule is N#CC=CC=CCCC1CCC(C2CCC(CCCCc3ccc(C#N)cc3)CC2)CC1. The maximum atomic E-state index is 8.90. The average Bonchev–Trinajstić information content (AvgIpc) is 2.85. The summed E-state index contributed by atoms with van der Waals surface area (Å²) in [6.07, 6.45) is 26.9. The van der Waals surface area contributed by atoms with Crippen molar-refractivity contribution in [2.75, 3.05) is 0 Å². The third-order valence-electron chi connectivity index (χ3n) is 8.02. The molecule has 0 saturated heterocycles. The van der Waals surface area contributed by atoms with Crippen LogP contribution in [0.3, 0.4) is 0 Å². The molecule has 2 saturated carbocycles. The lowest BCUT2D eigenvalue weighted by Gasteiger charge is -2.38. The van der Waals surface area contributed by atoms with Crippen LogP contribution in [0.2, 0.25) is 0 Å². The molecule has 0 aliphatic heterocycles. The normalized spacial score (nSPS) is 26.2. The largest absolute Gasteiger partial charge is 0.193 e. The van der Waals surface area contributed by atoms with Crippen molar-refractivity contribution in [2.24, 2.45) is 23.7 Å². The second-order valence-corrected chi connectivity index (χ2v) is 10.1. The molecule has 2 aliphatic carbocycles. The lowest BCUT2D eigenvalue weighted by molar-refractivity contribution is 0.140. The fraction of sp³-hybridized carbons (Fsp3) is 0.600. The van der Waals surface area contributed by atoms with Gasteiger partial charge in [0.05, 0.1) is 17.7 Å². The molecule has 2 nitrogen and oxygen atoms in total. The molecule has 2 heteroatoms. The summed E-state index contributed by atoms with van der Waals surface area (Å²) in [6.45, 7) is 0. The van der Waals surface area contributed by atoms with Crippen LogP contribution in [-0.4, -0.2) is 0 Å². The number of aryl methyl sites for hydroxylation is 1. The molecule has 2 aliphatic rings. The molecule has 0 N–H and O–H groups in total. The molecule has 0 spiro atoms. The third kappa shape index (κ3) is 8.31.